The fourth-order valence-electron chi connectivity index (χ4n) is 1.12. The van der Waals surface area contributed by atoms with Gasteiger partial charge in [0.25, 0.3) is 0 Å². The van der Waals surface area contributed by atoms with E-state index in [-0.39, 0.29) is 11.4 Å². The maximum Gasteiger partial charge on any atom is 0.172 e. The van der Waals surface area contributed by atoms with Gasteiger partial charge in [0.15, 0.2) is 12.0 Å². The van der Waals surface area contributed by atoms with Gasteiger partial charge in [-0.2, -0.15) is 0 Å². The molecular formula is C8H6N2O2. The van der Waals surface area contributed by atoms with Crippen molar-refractivity contribution < 1.29 is 9.90 Å². The number of nitrogens with one attached hydrogen (secondary N) is 1. The number of rotatable bonds is 1. The number of aromatic hydroxyl groups is 1. The van der Waals surface area contributed by atoms with Crippen molar-refractivity contribution in [2.24, 2.45) is 0 Å². The second-order valence-corrected chi connectivity index (χ2v) is 2.41. The molecule has 0 unspecified atom stereocenters. The maximum absolute atomic E-state index is 10.4. The molecule has 0 aliphatic heterocycles. The molecule has 4 nitrogen and oxygen atoms in total. The Morgan fingerprint density at radius 1 is 1.58 bits per heavy atom. The zero-order valence-corrected chi connectivity index (χ0v) is 6.11. The van der Waals surface area contributed by atoms with Crippen LogP contribution < -0.4 is 0 Å². The summed E-state index contributed by atoms with van der Waals surface area (Å²) in [6, 6.07) is 1.69. The highest BCUT2D eigenvalue weighted by Gasteiger charge is 2.06. The summed E-state index contributed by atoms with van der Waals surface area (Å²) in [4.78, 5) is 17.0. The van der Waals surface area contributed by atoms with Gasteiger partial charge in [0.2, 0.25) is 0 Å². The van der Waals surface area contributed by atoms with E-state index in [0.717, 1.165) is 5.52 Å². The highest BCUT2D eigenvalue weighted by atomic mass is 16.3. The molecule has 2 N–H and O–H groups in total. The summed E-state index contributed by atoms with van der Waals surface area (Å²) in [7, 11) is 0. The van der Waals surface area contributed by atoms with Gasteiger partial charge in [0.05, 0.1) is 11.7 Å². The maximum atomic E-state index is 10.4. The Bertz CT molecular complexity index is 434. The van der Waals surface area contributed by atoms with E-state index in [2.05, 4.69) is 9.97 Å². The van der Waals surface area contributed by atoms with Crippen molar-refractivity contribution in [3.05, 3.63) is 24.2 Å². The molecule has 0 aliphatic rings. The molecule has 0 saturated heterocycles. The quantitative estimate of drug-likeness (QED) is 0.616. The largest absolute Gasteiger partial charge is 0.505 e. The lowest BCUT2D eigenvalue weighted by molar-refractivity contribution is 0.111. The molecule has 0 atom stereocenters. The van der Waals surface area contributed by atoms with Crippen LogP contribution in [0.3, 0.4) is 0 Å². The first-order chi connectivity index (χ1) is 5.83. The summed E-state index contributed by atoms with van der Waals surface area (Å²) in [5, 5.41) is 10.0. The van der Waals surface area contributed by atoms with Crippen molar-refractivity contribution in [1.82, 2.24) is 9.97 Å². The molecule has 0 saturated carbocycles. The van der Waals surface area contributed by atoms with Crippen LogP contribution in [-0.2, 0) is 0 Å². The van der Waals surface area contributed by atoms with E-state index < -0.39 is 0 Å². The first-order valence-electron chi connectivity index (χ1n) is 3.43. The van der Waals surface area contributed by atoms with Crippen molar-refractivity contribution in [2.75, 3.05) is 0 Å². The number of aromatic amines is 1. The van der Waals surface area contributed by atoms with Crippen LogP contribution in [0.15, 0.2) is 18.5 Å². The van der Waals surface area contributed by atoms with Gasteiger partial charge in [-0.15, -0.1) is 0 Å². The summed E-state index contributed by atoms with van der Waals surface area (Å²) in [6.45, 7) is 0. The Balaban J connectivity index is 2.86. The van der Waals surface area contributed by atoms with E-state index in [1.807, 2.05) is 0 Å². The standard InChI is InChI=1S/C8H6N2O2/c11-4-7-8(12)5-1-2-9-6(5)3-10-7/h1-4,9,12H. The lowest BCUT2D eigenvalue weighted by atomic mass is 10.2. The molecule has 0 spiro atoms. The highest BCUT2D eigenvalue weighted by molar-refractivity contribution is 5.92. The summed E-state index contributed by atoms with van der Waals surface area (Å²) < 4.78 is 0. The smallest absolute Gasteiger partial charge is 0.172 e. The van der Waals surface area contributed by atoms with E-state index in [9.17, 15) is 9.90 Å². The van der Waals surface area contributed by atoms with Crippen LogP contribution in [0.2, 0.25) is 0 Å². The predicted octanol–water partition coefficient (Wildman–Crippen LogP) is 1.08. The molecule has 0 bridgehead atoms. The number of aromatic nitrogens is 2. The summed E-state index contributed by atoms with van der Waals surface area (Å²) >= 11 is 0. The average molecular weight is 162 g/mol. The van der Waals surface area contributed by atoms with Crippen LogP contribution in [0.1, 0.15) is 10.5 Å². The van der Waals surface area contributed by atoms with E-state index in [0.29, 0.717) is 11.7 Å². The van der Waals surface area contributed by atoms with Gasteiger partial charge in [-0.05, 0) is 6.07 Å². The van der Waals surface area contributed by atoms with Crippen molar-refractivity contribution in [3.8, 4) is 5.75 Å². The second-order valence-electron chi connectivity index (χ2n) is 2.41. The summed E-state index contributed by atoms with van der Waals surface area (Å²) in [5.74, 6) is -0.0660. The number of hydrogen-bond acceptors (Lipinski definition) is 3. The van der Waals surface area contributed by atoms with Gasteiger partial charge < -0.3 is 10.1 Å². The number of aldehydes is 1. The fraction of sp³-hybridized carbons (Fsp3) is 0. The minimum Gasteiger partial charge on any atom is -0.505 e. The van der Waals surface area contributed by atoms with Crippen LogP contribution in [0.25, 0.3) is 10.9 Å². The lowest BCUT2D eigenvalue weighted by Crippen LogP contribution is -1.86. The SMILES string of the molecule is O=Cc1ncc2[nH]ccc2c1O. The number of carbonyl (C=O) groups is 1. The minimum absolute atomic E-state index is 0.0660. The Kier molecular flexibility index (Phi) is 1.33. The Morgan fingerprint density at radius 3 is 3.17 bits per heavy atom. The first kappa shape index (κ1) is 6.84. The molecule has 2 aromatic rings. The molecule has 2 rings (SSSR count). The molecule has 60 valence electrons. The van der Waals surface area contributed by atoms with E-state index >= 15 is 0 Å². The zero-order valence-electron chi connectivity index (χ0n) is 6.11. The highest BCUT2D eigenvalue weighted by Crippen LogP contribution is 2.24. The fourth-order valence-corrected chi connectivity index (χ4v) is 1.12. The predicted molar refractivity (Wildman–Crippen MR) is 43.1 cm³/mol. The Morgan fingerprint density at radius 2 is 2.42 bits per heavy atom. The number of pyridine rings is 1. The topological polar surface area (TPSA) is 66.0 Å². The van der Waals surface area contributed by atoms with Gasteiger partial charge in [0, 0.05) is 11.6 Å². The summed E-state index contributed by atoms with van der Waals surface area (Å²) in [6.07, 6.45) is 3.72. The Labute approximate surface area is 67.9 Å². The molecular weight excluding hydrogens is 156 g/mol. The molecule has 2 heterocycles. The van der Waals surface area contributed by atoms with Gasteiger partial charge in [-0.25, -0.2) is 4.98 Å². The van der Waals surface area contributed by atoms with E-state index in [1.54, 1.807) is 12.3 Å². The normalized spacial score (nSPS) is 10.3. The van der Waals surface area contributed by atoms with Crippen molar-refractivity contribution in [1.29, 1.82) is 0 Å². The van der Waals surface area contributed by atoms with Crippen molar-refractivity contribution >= 4 is 17.2 Å². The van der Waals surface area contributed by atoms with Crippen LogP contribution in [0.4, 0.5) is 0 Å². The number of hydrogen-bond donors (Lipinski definition) is 2. The van der Waals surface area contributed by atoms with E-state index in [1.165, 1.54) is 6.20 Å². The molecule has 0 fully saturated rings. The molecule has 0 radical (unpaired) electrons. The monoisotopic (exact) mass is 162 g/mol. The third kappa shape index (κ3) is 0.780. The first-order valence-corrected chi connectivity index (χ1v) is 3.43. The van der Waals surface area contributed by atoms with Gasteiger partial charge in [-0.1, -0.05) is 0 Å². The molecule has 0 aliphatic carbocycles. The Hall–Kier alpha value is -1.84. The van der Waals surface area contributed by atoms with E-state index in [4.69, 9.17) is 0 Å². The lowest BCUT2D eigenvalue weighted by Gasteiger charge is -1.96. The van der Waals surface area contributed by atoms with Crippen molar-refractivity contribution in [3.63, 3.8) is 0 Å². The molecule has 4 heteroatoms. The van der Waals surface area contributed by atoms with Crippen LogP contribution >= 0.6 is 0 Å². The zero-order chi connectivity index (χ0) is 8.55. The van der Waals surface area contributed by atoms with Crippen LogP contribution in [0, 0.1) is 0 Å². The van der Waals surface area contributed by atoms with Crippen molar-refractivity contribution in [2.45, 2.75) is 0 Å². The number of H-pyrrole nitrogens is 1. The van der Waals surface area contributed by atoms with Crippen LogP contribution in [-0.4, -0.2) is 21.4 Å². The summed E-state index contributed by atoms with van der Waals surface area (Å²) in [5.41, 5.74) is 0.792. The van der Waals surface area contributed by atoms with Gasteiger partial charge >= 0.3 is 0 Å². The molecule has 0 amide bonds. The molecule has 12 heavy (non-hydrogen) atoms. The number of nitrogens with zero attached hydrogens (tertiary/aromatic N) is 1. The third-order valence-electron chi connectivity index (χ3n) is 1.72. The van der Waals surface area contributed by atoms with Gasteiger partial charge in [0.1, 0.15) is 5.69 Å². The average Bonchev–Trinajstić information content (AvgIpc) is 2.53. The molecule has 2 aromatic heterocycles. The minimum atomic E-state index is -0.0660. The van der Waals surface area contributed by atoms with Crippen LogP contribution in [0.5, 0.6) is 5.75 Å². The third-order valence-corrected chi connectivity index (χ3v) is 1.72. The number of carbonyl (C=O) groups excluding carboxylic acids is 1. The number of fused-ring (bicyclic) bond motifs is 1. The second kappa shape index (κ2) is 2.34. The van der Waals surface area contributed by atoms with Gasteiger partial charge in [-0.3, -0.25) is 4.79 Å². The molecule has 0 aromatic carbocycles.